The molecule has 0 bridgehead atoms. The first kappa shape index (κ1) is 21.0. The molecule has 0 spiro atoms. The number of anilines is 1. The highest BCUT2D eigenvalue weighted by molar-refractivity contribution is 7.20. The van der Waals surface area contributed by atoms with Crippen molar-refractivity contribution in [2.24, 2.45) is 0 Å². The fourth-order valence-electron chi connectivity index (χ4n) is 4.15. The van der Waals surface area contributed by atoms with E-state index in [0.29, 0.717) is 43.7 Å². The molecule has 2 fully saturated rings. The largest absolute Gasteiger partial charge is 0.360 e. The smallest absolute Gasteiger partial charge is 0.264 e. The number of nitrogens with one attached hydrogen (secondary N) is 1. The molecule has 1 aliphatic heterocycles. The lowest BCUT2D eigenvalue weighted by Crippen LogP contribution is -2.50. The molecular weight excluding hydrogens is 428 g/mol. The minimum atomic E-state index is -0.140. The molecule has 4 heterocycles. The van der Waals surface area contributed by atoms with E-state index in [0.717, 1.165) is 45.0 Å². The van der Waals surface area contributed by atoms with Crippen molar-refractivity contribution in [3.63, 3.8) is 0 Å². The number of hydrogen-bond donors (Lipinski definition) is 1. The number of carbonyl (C=O) groups excluding carboxylic acids is 2. The molecule has 1 saturated carbocycles. The number of aryl methyl sites for hydroxylation is 3. The third-order valence-electron chi connectivity index (χ3n) is 6.05. The number of piperazine rings is 1. The van der Waals surface area contributed by atoms with Crippen LogP contribution in [-0.2, 0) is 4.79 Å². The molecule has 1 N–H and O–H groups in total. The maximum absolute atomic E-state index is 13.3. The molecular formula is C22H26N6O3S. The Labute approximate surface area is 189 Å². The Morgan fingerprint density at radius 2 is 1.91 bits per heavy atom. The van der Waals surface area contributed by atoms with Crippen LogP contribution in [0.1, 0.15) is 51.3 Å². The standard InChI is InChI=1S/C22H26N6O3S/c1-12-10-16(26-31-12)24-17(29)11-27-6-8-28(9-7-27)22(30)19-13(2)18-14(3)23-20(15-4-5-15)25-21(18)32-19/h10,15H,4-9,11H2,1-3H3,(H,24,26,29). The van der Waals surface area contributed by atoms with E-state index in [1.165, 1.54) is 11.3 Å². The van der Waals surface area contributed by atoms with E-state index >= 15 is 0 Å². The molecule has 32 heavy (non-hydrogen) atoms. The monoisotopic (exact) mass is 454 g/mol. The molecule has 3 aromatic heterocycles. The van der Waals surface area contributed by atoms with Gasteiger partial charge in [-0.15, -0.1) is 11.3 Å². The number of carbonyl (C=O) groups is 2. The Bertz CT molecular complexity index is 1190. The second kappa shape index (κ2) is 8.25. The summed E-state index contributed by atoms with van der Waals surface area (Å²) in [6, 6.07) is 1.68. The van der Waals surface area contributed by atoms with E-state index in [9.17, 15) is 9.59 Å². The van der Waals surface area contributed by atoms with Gasteiger partial charge in [0.05, 0.1) is 17.1 Å². The van der Waals surface area contributed by atoms with E-state index < -0.39 is 0 Å². The zero-order valence-corrected chi connectivity index (χ0v) is 19.3. The van der Waals surface area contributed by atoms with Crippen molar-refractivity contribution in [1.29, 1.82) is 0 Å². The Balaban J connectivity index is 1.22. The van der Waals surface area contributed by atoms with Gasteiger partial charge in [-0.1, -0.05) is 5.16 Å². The third kappa shape index (κ3) is 4.12. The van der Waals surface area contributed by atoms with Crippen LogP contribution in [0.3, 0.4) is 0 Å². The van der Waals surface area contributed by atoms with Gasteiger partial charge in [-0.25, -0.2) is 9.97 Å². The van der Waals surface area contributed by atoms with E-state index in [1.54, 1.807) is 13.0 Å². The molecule has 1 saturated heterocycles. The van der Waals surface area contributed by atoms with Crippen LogP contribution in [0.25, 0.3) is 10.2 Å². The van der Waals surface area contributed by atoms with E-state index in [-0.39, 0.29) is 18.4 Å². The molecule has 3 aromatic rings. The summed E-state index contributed by atoms with van der Waals surface area (Å²) in [7, 11) is 0. The number of hydrogen-bond acceptors (Lipinski definition) is 8. The van der Waals surface area contributed by atoms with Crippen LogP contribution in [0, 0.1) is 20.8 Å². The summed E-state index contributed by atoms with van der Waals surface area (Å²) < 4.78 is 4.97. The van der Waals surface area contributed by atoms with Gasteiger partial charge in [0.25, 0.3) is 5.91 Å². The average Bonchev–Trinajstić information content (AvgIpc) is 3.45. The van der Waals surface area contributed by atoms with Crippen LogP contribution in [0.5, 0.6) is 0 Å². The van der Waals surface area contributed by atoms with Crippen LogP contribution in [0.15, 0.2) is 10.6 Å². The average molecular weight is 455 g/mol. The molecule has 1 aliphatic carbocycles. The Morgan fingerprint density at radius 1 is 1.16 bits per heavy atom. The van der Waals surface area contributed by atoms with Crippen LogP contribution in [0.2, 0.25) is 0 Å². The third-order valence-corrected chi connectivity index (χ3v) is 7.22. The van der Waals surface area contributed by atoms with E-state index in [4.69, 9.17) is 14.5 Å². The zero-order chi connectivity index (χ0) is 22.4. The summed E-state index contributed by atoms with van der Waals surface area (Å²) in [4.78, 5) is 40.6. The van der Waals surface area contributed by atoms with Crippen LogP contribution >= 0.6 is 11.3 Å². The first-order valence-corrected chi connectivity index (χ1v) is 11.7. The Kier molecular flexibility index (Phi) is 5.42. The predicted octanol–water partition coefficient (Wildman–Crippen LogP) is 2.88. The maximum atomic E-state index is 13.3. The van der Waals surface area contributed by atoms with Crippen molar-refractivity contribution in [2.45, 2.75) is 39.5 Å². The second-order valence-corrected chi connectivity index (χ2v) is 9.62. The highest BCUT2D eigenvalue weighted by atomic mass is 32.1. The quantitative estimate of drug-likeness (QED) is 0.632. The number of rotatable bonds is 5. The molecule has 9 nitrogen and oxygen atoms in total. The molecule has 168 valence electrons. The summed E-state index contributed by atoms with van der Waals surface area (Å²) in [5.74, 6) is 2.37. The van der Waals surface area contributed by atoms with Crippen LogP contribution in [-0.4, -0.2) is 69.5 Å². The fraction of sp³-hybridized carbons (Fsp3) is 0.500. The lowest BCUT2D eigenvalue weighted by molar-refractivity contribution is -0.117. The summed E-state index contributed by atoms with van der Waals surface area (Å²) in [5, 5.41) is 7.53. The van der Waals surface area contributed by atoms with Gasteiger partial charge in [0.15, 0.2) is 5.82 Å². The molecule has 10 heteroatoms. The first-order chi connectivity index (χ1) is 15.4. The summed E-state index contributed by atoms with van der Waals surface area (Å²) in [6.07, 6.45) is 2.31. The van der Waals surface area contributed by atoms with Gasteiger partial charge in [-0.2, -0.15) is 0 Å². The van der Waals surface area contributed by atoms with Gasteiger partial charge in [-0.05, 0) is 39.2 Å². The maximum Gasteiger partial charge on any atom is 0.264 e. The topological polar surface area (TPSA) is 104 Å². The molecule has 2 amide bonds. The van der Waals surface area contributed by atoms with Gasteiger partial charge in [-0.3, -0.25) is 14.5 Å². The van der Waals surface area contributed by atoms with Crippen molar-refractivity contribution >= 4 is 39.2 Å². The zero-order valence-electron chi connectivity index (χ0n) is 18.5. The Hall–Kier alpha value is -2.85. The number of amides is 2. The summed E-state index contributed by atoms with van der Waals surface area (Å²) in [6.45, 7) is 8.49. The minimum absolute atomic E-state index is 0.0417. The highest BCUT2D eigenvalue weighted by Crippen LogP contribution is 2.40. The number of nitrogens with zero attached hydrogens (tertiary/aromatic N) is 5. The molecule has 0 unspecified atom stereocenters. The predicted molar refractivity (Wildman–Crippen MR) is 121 cm³/mol. The van der Waals surface area contributed by atoms with Gasteiger partial charge >= 0.3 is 0 Å². The number of fused-ring (bicyclic) bond motifs is 1. The molecule has 0 aromatic carbocycles. The van der Waals surface area contributed by atoms with Crippen LogP contribution in [0.4, 0.5) is 5.82 Å². The van der Waals surface area contributed by atoms with Crippen molar-refractivity contribution in [3.05, 3.63) is 33.8 Å². The SMILES string of the molecule is Cc1cc(NC(=O)CN2CCN(C(=O)c3sc4nc(C5CC5)nc(C)c4c3C)CC2)no1. The van der Waals surface area contributed by atoms with Crippen LogP contribution < -0.4 is 5.32 Å². The molecule has 0 radical (unpaired) electrons. The number of aromatic nitrogens is 3. The van der Waals surface area contributed by atoms with Crippen molar-refractivity contribution < 1.29 is 14.1 Å². The lowest BCUT2D eigenvalue weighted by atomic mass is 10.1. The normalized spacial score (nSPS) is 17.2. The molecule has 2 aliphatic rings. The van der Waals surface area contributed by atoms with Crippen molar-refractivity contribution in [1.82, 2.24) is 24.9 Å². The van der Waals surface area contributed by atoms with E-state index in [2.05, 4.69) is 10.5 Å². The summed E-state index contributed by atoms with van der Waals surface area (Å²) >= 11 is 1.48. The van der Waals surface area contributed by atoms with Gasteiger partial charge in [0.2, 0.25) is 5.91 Å². The fourth-order valence-corrected chi connectivity index (χ4v) is 5.36. The van der Waals surface area contributed by atoms with Gasteiger partial charge in [0, 0.05) is 43.5 Å². The minimum Gasteiger partial charge on any atom is -0.360 e. The van der Waals surface area contributed by atoms with Crippen molar-refractivity contribution in [2.75, 3.05) is 38.0 Å². The Morgan fingerprint density at radius 3 is 2.56 bits per heavy atom. The second-order valence-electron chi connectivity index (χ2n) is 8.62. The van der Waals surface area contributed by atoms with Gasteiger partial charge < -0.3 is 14.7 Å². The molecule has 0 atom stereocenters. The van der Waals surface area contributed by atoms with Gasteiger partial charge in [0.1, 0.15) is 16.4 Å². The van der Waals surface area contributed by atoms with Crippen molar-refractivity contribution in [3.8, 4) is 0 Å². The highest BCUT2D eigenvalue weighted by Gasteiger charge is 2.30. The summed E-state index contributed by atoms with van der Waals surface area (Å²) in [5.41, 5.74) is 1.93. The lowest BCUT2D eigenvalue weighted by Gasteiger charge is -2.34. The first-order valence-electron chi connectivity index (χ1n) is 10.9. The number of thiophene rings is 1. The van der Waals surface area contributed by atoms with E-state index in [1.807, 2.05) is 23.6 Å². The molecule has 5 rings (SSSR count).